The van der Waals surface area contributed by atoms with E-state index in [1.165, 1.54) is 51.5 Å². The average molecular weight is 252 g/mol. The molecule has 3 heteroatoms. The molecule has 1 aliphatic carbocycles. The monoisotopic (exact) mass is 252 g/mol. The Hall–Kier alpha value is -0.120. The standard InChI is InChI=1S/C15H28N2O/c1-12-10-17(11-14(12)16)13-5-8-18-15(9-13)6-3-2-4-7-15/h12-14H,2-11,16H2,1H3. The van der Waals surface area contributed by atoms with Crippen molar-refractivity contribution in [3.8, 4) is 0 Å². The van der Waals surface area contributed by atoms with E-state index in [2.05, 4.69) is 11.8 Å². The summed E-state index contributed by atoms with van der Waals surface area (Å²) in [5, 5.41) is 0. The van der Waals surface area contributed by atoms with Crippen molar-refractivity contribution in [1.29, 1.82) is 0 Å². The first-order valence-electron chi connectivity index (χ1n) is 7.82. The fourth-order valence-electron chi connectivity index (χ4n) is 4.19. The molecule has 0 radical (unpaired) electrons. The van der Waals surface area contributed by atoms with Crippen LogP contribution in [-0.2, 0) is 4.74 Å². The number of likely N-dealkylation sites (tertiary alicyclic amines) is 1. The van der Waals surface area contributed by atoms with Gasteiger partial charge in [0.1, 0.15) is 0 Å². The number of hydrogen-bond donors (Lipinski definition) is 1. The highest BCUT2D eigenvalue weighted by Gasteiger charge is 2.42. The summed E-state index contributed by atoms with van der Waals surface area (Å²) in [6, 6.07) is 1.11. The van der Waals surface area contributed by atoms with Crippen LogP contribution in [0, 0.1) is 5.92 Å². The van der Waals surface area contributed by atoms with Crippen LogP contribution in [0.15, 0.2) is 0 Å². The van der Waals surface area contributed by atoms with Crippen LogP contribution >= 0.6 is 0 Å². The van der Waals surface area contributed by atoms with E-state index in [1.54, 1.807) is 0 Å². The third-order valence-corrected chi connectivity index (χ3v) is 5.45. The van der Waals surface area contributed by atoms with Crippen LogP contribution in [0.3, 0.4) is 0 Å². The molecule has 0 aromatic rings. The number of ether oxygens (including phenoxy) is 1. The van der Waals surface area contributed by atoms with Crippen molar-refractivity contribution < 1.29 is 4.74 Å². The van der Waals surface area contributed by atoms with Crippen LogP contribution in [0.5, 0.6) is 0 Å². The first kappa shape index (κ1) is 12.9. The summed E-state index contributed by atoms with van der Waals surface area (Å²) in [5.41, 5.74) is 6.41. The Bertz CT molecular complexity index is 273. The normalized spacial score (nSPS) is 41.3. The highest BCUT2D eigenvalue weighted by molar-refractivity contribution is 4.96. The summed E-state index contributed by atoms with van der Waals surface area (Å²) in [7, 11) is 0. The quantitative estimate of drug-likeness (QED) is 0.777. The van der Waals surface area contributed by atoms with E-state index in [9.17, 15) is 0 Å². The molecule has 0 aromatic carbocycles. The number of nitrogens with zero attached hydrogens (tertiary/aromatic N) is 1. The summed E-state index contributed by atoms with van der Waals surface area (Å²) >= 11 is 0. The lowest BCUT2D eigenvalue weighted by molar-refractivity contribution is -0.122. The molecule has 2 aliphatic heterocycles. The molecule has 3 nitrogen and oxygen atoms in total. The summed E-state index contributed by atoms with van der Waals surface area (Å²) < 4.78 is 6.19. The Morgan fingerprint density at radius 1 is 1.17 bits per heavy atom. The van der Waals surface area contributed by atoms with E-state index < -0.39 is 0 Å². The molecule has 1 spiro atoms. The lowest BCUT2D eigenvalue weighted by atomic mass is 9.78. The highest BCUT2D eigenvalue weighted by Crippen LogP contribution is 2.40. The molecule has 2 saturated heterocycles. The van der Waals surface area contributed by atoms with E-state index >= 15 is 0 Å². The summed E-state index contributed by atoms with van der Waals surface area (Å²) in [5.74, 6) is 0.662. The maximum atomic E-state index is 6.19. The zero-order valence-corrected chi connectivity index (χ0v) is 11.7. The van der Waals surface area contributed by atoms with Gasteiger partial charge >= 0.3 is 0 Å². The van der Waals surface area contributed by atoms with Gasteiger partial charge in [0.2, 0.25) is 0 Å². The van der Waals surface area contributed by atoms with Gasteiger partial charge in [0.05, 0.1) is 5.60 Å². The van der Waals surface area contributed by atoms with Crippen LogP contribution in [0.2, 0.25) is 0 Å². The van der Waals surface area contributed by atoms with Gasteiger partial charge in [-0.1, -0.05) is 26.2 Å². The molecule has 3 rings (SSSR count). The number of rotatable bonds is 1. The SMILES string of the molecule is CC1CN(C2CCOC3(CCCCC3)C2)CC1N. The Balaban J connectivity index is 1.63. The van der Waals surface area contributed by atoms with E-state index in [0.717, 1.165) is 19.2 Å². The van der Waals surface area contributed by atoms with Crippen molar-refractivity contribution in [3.05, 3.63) is 0 Å². The lowest BCUT2D eigenvalue weighted by Crippen LogP contribution is -2.49. The fraction of sp³-hybridized carbons (Fsp3) is 1.00. The summed E-state index contributed by atoms with van der Waals surface area (Å²) in [6.45, 7) is 5.55. The second kappa shape index (κ2) is 5.10. The van der Waals surface area contributed by atoms with Crippen molar-refractivity contribution in [2.75, 3.05) is 19.7 Å². The molecular formula is C15H28N2O. The minimum atomic E-state index is 0.233. The summed E-state index contributed by atoms with van der Waals surface area (Å²) in [6.07, 6.45) is 9.18. The molecular weight excluding hydrogens is 224 g/mol. The van der Waals surface area contributed by atoms with Gasteiger partial charge in [-0.05, 0) is 31.6 Å². The van der Waals surface area contributed by atoms with Gasteiger partial charge in [-0.3, -0.25) is 4.90 Å². The van der Waals surface area contributed by atoms with Crippen LogP contribution < -0.4 is 5.73 Å². The van der Waals surface area contributed by atoms with Crippen molar-refractivity contribution in [2.45, 2.75) is 69.6 Å². The number of nitrogens with two attached hydrogens (primary N) is 1. The second-order valence-corrected chi connectivity index (χ2v) is 6.83. The highest BCUT2D eigenvalue weighted by atomic mass is 16.5. The molecule has 3 atom stereocenters. The largest absolute Gasteiger partial charge is 0.375 e. The predicted molar refractivity (Wildman–Crippen MR) is 73.5 cm³/mol. The molecule has 104 valence electrons. The third kappa shape index (κ3) is 2.45. The predicted octanol–water partition coefficient (Wildman–Crippen LogP) is 2.15. The molecule has 1 saturated carbocycles. The van der Waals surface area contributed by atoms with Crippen molar-refractivity contribution >= 4 is 0 Å². The van der Waals surface area contributed by atoms with E-state index in [4.69, 9.17) is 10.5 Å². The Morgan fingerprint density at radius 3 is 2.61 bits per heavy atom. The second-order valence-electron chi connectivity index (χ2n) is 6.83. The lowest BCUT2D eigenvalue weighted by Gasteiger charge is -2.46. The van der Waals surface area contributed by atoms with Gasteiger partial charge in [-0.2, -0.15) is 0 Å². The minimum Gasteiger partial charge on any atom is -0.375 e. The van der Waals surface area contributed by atoms with E-state index in [-0.39, 0.29) is 5.60 Å². The third-order valence-electron chi connectivity index (χ3n) is 5.45. The molecule has 0 aromatic heterocycles. The summed E-state index contributed by atoms with van der Waals surface area (Å²) in [4.78, 5) is 2.65. The van der Waals surface area contributed by atoms with Crippen LogP contribution in [0.4, 0.5) is 0 Å². The Labute approximate surface area is 111 Å². The van der Waals surface area contributed by atoms with Crippen molar-refractivity contribution in [1.82, 2.24) is 4.90 Å². The average Bonchev–Trinajstić information content (AvgIpc) is 2.71. The molecule has 3 unspecified atom stereocenters. The zero-order valence-electron chi connectivity index (χ0n) is 11.7. The molecule has 3 fully saturated rings. The molecule has 2 N–H and O–H groups in total. The molecule has 0 amide bonds. The van der Waals surface area contributed by atoms with Crippen molar-refractivity contribution in [2.24, 2.45) is 11.7 Å². The minimum absolute atomic E-state index is 0.233. The van der Waals surface area contributed by atoms with Gasteiger partial charge in [0.25, 0.3) is 0 Å². The molecule has 18 heavy (non-hydrogen) atoms. The van der Waals surface area contributed by atoms with E-state index in [1.807, 2.05) is 0 Å². The van der Waals surface area contributed by atoms with Crippen molar-refractivity contribution in [3.63, 3.8) is 0 Å². The Kier molecular flexibility index (Phi) is 3.65. The Morgan fingerprint density at radius 2 is 1.94 bits per heavy atom. The first-order chi connectivity index (χ1) is 8.69. The van der Waals surface area contributed by atoms with Gasteiger partial charge in [0.15, 0.2) is 0 Å². The van der Waals surface area contributed by atoms with Gasteiger partial charge in [0, 0.05) is 31.8 Å². The van der Waals surface area contributed by atoms with Crippen LogP contribution in [-0.4, -0.2) is 42.3 Å². The van der Waals surface area contributed by atoms with Crippen LogP contribution in [0.25, 0.3) is 0 Å². The number of hydrogen-bond acceptors (Lipinski definition) is 3. The van der Waals surface area contributed by atoms with Gasteiger partial charge in [-0.25, -0.2) is 0 Å². The van der Waals surface area contributed by atoms with E-state index in [0.29, 0.717) is 12.0 Å². The van der Waals surface area contributed by atoms with Gasteiger partial charge in [-0.15, -0.1) is 0 Å². The zero-order chi connectivity index (χ0) is 12.6. The molecule has 3 aliphatic rings. The fourth-order valence-corrected chi connectivity index (χ4v) is 4.19. The van der Waals surface area contributed by atoms with Gasteiger partial charge < -0.3 is 10.5 Å². The molecule has 0 bridgehead atoms. The topological polar surface area (TPSA) is 38.5 Å². The maximum absolute atomic E-state index is 6.19. The molecule has 2 heterocycles. The van der Waals surface area contributed by atoms with Crippen LogP contribution in [0.1, 0.15) is 51.9 Å². The first-order valence-corrected chi connectivity index (χ1v) is 7.82. The maximum Gasteiger partial charge on any atom is 0.0697 e. The smallest absolute Gasteiger partial charge is 0.0697 e.